The molecule has 0 atom stereocenters. The lowest BCUT2D eigenvalue weighted by molar-refractivity contribution is -0.384. The van der Waals surface area contributed by atoms with Crippen molar-refractivity contribution in [1.29, 1.82) is 0 Å². The first-order chi connectivity index (χ1) is 9.91. The number of halogens is 1. The van der Waals surface area contributed by atoms with Crippen LogP contribution < -0.4 is 4.90 Å². The number of carbonyl (C=O) groups excluding carboxylic acids is 1. The average Bonchev–Trinajstić information content (AvgIpc) is 2.48. The molecule has 0 heterocycles. The molecular formula is C15H13BrN2O3. The lowest BCUT2D eigenvalue weighted by atomic mass is 10.1. The molecule has 0 aliphatic heterocycles. The third kappa shape index (κ3) is 3.11. The molecule has 2 rings (SSSR count). The molecule has 0 N–H and O–H groups in total. The molecular weight excluding hydrogens is 336 g/mol. The Hall–Kier alpha value is -2.21. The monoisotopic (exact) mass is 348 g/mol. The van der Waals surface area contributed by atoms with E-state index in [1.54, 1.807) is 25.2 Å². The van der Waals surface area contributed by atoms with Gasteiger partial charge in [-0.25, -0.2) is 0 Å². The van der Waals surface area contributed by atoms with E-state index in [1.807, 2.05) is 19.1 Å². The first-order valence-electron chi connectivity index (χ1n) is 6.19. The molecule has 6 heteroatoms. The molecule has 5 nitrogen and oxygen atoms in total. The second kappa shape index (κ2) is 6.05. The number of nitrogens with zero attached hydrogens (tertiary/aromatic N) is 2. The molecule has 2 aromatic carbocycles. The Labute approximate surface area is 130 Å². The van der Waals surface area contributed by atoms with Crippen molar-refractivity contribution in [3.05, 3.63) is 68.2 Å². The molecule has 21 heavy (non-hydrogen) atoms. The Bertz CT molecular complexity index is 699. The van der Waals surface area contributed by atoms with E-state index >= 15 is 0 Å². The number of carbonyl (C=O) groups is 1. The SMILES string of the molecule is Cc1cccc(C(=O)N(C)c2ccc([N+](=O)[O-])cc2)c1Br. The van der Waals surface area contributed by atoms with Crippen molar-refractivity contribution in [3.63, 3.8) is 0 Å². The zero-order valence-corrected chi connectivity index (χ0v) is 13.1. The lowest BCUT2D eigenvalue weighted by Crippen LogP contribution is -2.26. The number of nitro benzene ring substituents is 1. The molecule has 2 aromatic rings. The van der Waals surface area contributed by atoms with Crippen LogP contribution in [0.1, 0.15) is 15.9 Å². The van der Waals surface area contributed by atoms with Gasteiger partial charge in [0.15, 0.2) is 0 Å². The fourth-order valence-electron chi connectivity index (χ4n) is 1.91. The van der Waals surface area contributed by atoms with Crippen molar-refractivity contribution < 1.29 is 9.72 Å². The molecule has 108 valence electrons. The molecule has 0 unspecified atom stereocenters. The van der Waals surface area contributed by atoms with E-state index in [0.717, 1.165) is 10.0 Å². The van der Waals surface area contributed by atoms with Gasteiger partial charge in [-0.2, -0.15) is 0 Å². The maximum Gasteiger partial charge on any atom is 0.269 e. The van der Waals surface area contributed by atoms with Crippen molar-refractivity contribution in [2.45, 2.75) is 6.92 Å². The highest BCUT2D eigenvalue weighted by Crippen LogP contribution is 2.25. The highest BCUT2D eigenvalue weighted by molar-refractivity contribution is 9.10. The summed E-state index contributed by atoms with van der Waals surface area (Å²) in [6.07, 6.45) is 0. The van der Waals surface area contributed by atoms with Crippen LogP contribution in [0.5, 0.6) is 0 Å². The number of rotatable bonds is 3. The summed E-state index contributed by atoms with van der Waals surface area (Å²) in [4.78, 5) is 24.1. The quantitative estimate of drug-likeness (QED) is 0.623. The standard InChI is InChI=1S/C15H13BrN2O3/c1-10-4-3-5-13(14(10)16)15(19)17(2)11-6-8-12(9-7-11)18(20)21/h3-9H,1-2H3. The smallest absolute Gasteiger partial charge is 0.269 e. The highest BCUT2D eigenvalue weighted by atomic mass is 79.9. The van der Waals surface area contributed by atoms with Gasteiger partial charge in [0.05, 0.1) is 10.5 Å². The maximum atomic E-state index is 12.5. The zero-order chi connectivity index (χ0) is 15.6. The van der Waals surface area contributed by atoms with Crippen LogP contribution in [0.2, 0.25) is 0 Å². The average molecular weight is 349 g/mol. The van der Waals surface area contributed by atoms with Crippen LogP contribution in [0, 0.1) is 17.0 Å². The Morgan fingerprint density at radius 1 is 1.19 bits per heavy atom. The molecule has 0 aliphatic carbocycles. The predicted octanol–water partition coefficient (Wildman–Crippen LogP) is 3.94. The molecule has 0 bridgehead atoms. The predicted molar refractivity (Wildman–Crippen MR) is 84.7 cm³/mol. The largest absolute Gasteiger partial charge is 0.311 e. The zero-order valence-electron chi connectivity index (χ0n) is 11.5. The van der Waals surface area contributed by atoms with Crippen molar-refractivity contribution in [3.8, 4) is 0 Å². The van der Waals surface area contributed by atoms with Gasteiger partial charge in [-0.1, -0.05) is 12.1 Å². The summed E-state index contributed by atoms with van der Waals surface area (Å²) in [7, 11) is 1.64. The van der Waals surface area contributed by atoms with Crippen LogP contribution in [0.4, 0.5) is 11.4 Å². The molecule has 0 spiro atoms. The van der Waals surface area contributed by atoms with Crippen molar-refractivity contribution in [2.75, 3.05) is 11.9 Å². The Morgan fingerprint density at radius 2 is 1.81 bits per heavy atom. The summed E-state index contributed by atoms with van der Waals surface area (Å²) < 4.78 is 0.753. The fraction of sp³-hybridized carbons (Fsp3) is 0.133. The summed E-state index contributed by atoms with van der Waals surface area (Å²) >= 11 is 3.42. The topological polar surface area (TPSA) is 63.5 Å². The first-order valence-corrected chi connectivity index (χ1v) is 6.98. The summed E-state index contributed by atoms with van der Waals surface area (Å²) in [5.41, 5.74) is 2.11. The summed E-state index contributed by atoms with van der Waals surface area (Å²) in [5.74, 6) is -0.181. The summed E-state index contributed by atoms with van der Waals surface area (Å²) in [5, 5.41) is 10.6. The van der Waals surface area contributed by atoms with E-state index in [2.05, 4.69) is 15.9 Å². The first kappa shape index (κ1) is 15.2. The Kier molecular flexibility index (Phi) is 4.37. The molecule has 0 aromatic heterocycles. The van der Waals surface area contributed by atoms with Crippen LogP contribution in [0.3, 0.4) is 0 Å². The van der Waals surface area contributed by atoms with Gasteiger partial charge in [0, 0.05) is 29.3 Å². The van der Waals surface area contributed by atoms with E-state index in [1.165, 1.54) is 17.0 Å². The number of nitro groups is 1. The van der Waals surface area contributed by atoms with Gasteiger partial charge in [0.2, 0.25) is 0 Å². The number of amides is 1. The lowest BCUT2D eigenvalue weighted by Gasteiger charge is -2.18. The number of anilines is 1. The molecule has 0 saturated carbocycles. The number of aryl methyl sites for hydroxylation is 1. The van der Waals surface area contributed by atoms with Gasteiger partial charge in [-0.05, 0) is 46.6 Å². The van der Waals surface area contributed by atoms with Gasteiger partial charge in [-0.3, -0.25) is 14.9 Å². The van der Waals surface area contributed by atoms with Gasteiger partial charge in [0.1, 0.15) is 0 Å². The van der Waals surface area contributed by atoms with E-state index in [0.29, 0.717) is 11.3 Å². The maximum absolute atomic E-state index is 12.5. The minimum Gasteiger partial charge on any atom is -0.311 e. The van der Waals surface area contributed by atoms with Crippen LogP contribution in [0.25, 0.3) is 0 Å². The van der Waals surface area contributed by atoms with Crippen LogP contribution >= 0.6 is 15.9 Å². The van der Waals surface area contributed by atoms with Crippen molar-refractivity contribution in [2.24, 2.45) is 0 Å². The molecule has 1 amide bonds. The highest BCUT2D eigenvalue weighted by Gasteiger charge is 2.17. The summed E-state index contributed by atoms with van der Waals surface area (Å²) in [6.45, 7) is 1.91. The van der Waals surface area contributed by atoms with Crippen LogP contribution in [-0.4, -0.2) is 17.9 Å². The minimum atomic E-state index is -0.469. The number of hydrogen-bond donors (Lipinski definition) is 0. The fourth-order valence-corrected chi connectivity index (χ4v) is 2.34. The molecule has 0 aliphatic rings. The molecule has 0 fully saturated rings. The van der Waals surface area contributed by atoms with E-state index in [9.17, 15) is 14.9 Å². The van der Waals surface area contributed by atoms with E-state index < -0.39 is 4.92 Å². The number of benzene rings is 2. The third-order valence-electron chi connectivity index (χ3n) is 3.17. The Balaban J connectivity index is 2.30. The van der Waals surface area contributed by atoms with Gasteiger partial charge >= 0.3 is 0 Å². The van der Waals surface area contributed by atoms with Crippen LogP contribution in [-0.2, 0) is 0 Å². The summed E-state index contributed by atoms with van der Waals surface area (Å²) in [6, 6.07) is 11.3. The normalized spacial score (nSPS) is 10.2. The van der Waals surface area contributed by atoms with Crippen LogP contribution in [0.15, 0.2) is 46.9 Å². The van der Waals surface area contributed by atoms with E-state index in [4.69, 9.17) is 0 Å². The van der Waals surface area contributed by atoms with Crippen molar-refractivity contribution >= 4 is 33.2 Å². The number of non-ortho nitro benzene ring substituents is 1. The third-order valence-corrected chi connectivity index (χ3v) is 4.23. The second-order valence-electron chi connectivity index (χ2n) is 4.57. The second-order valence-corrected chi connectivity index (χ2v) is 5.37. The number of hydrogen-bond acceptors (Lipinski definition) is 3. The van der Waals surface area contributed by atoms with Gasteiger partial charge in [-0.15, -0.1) is 0 Å². The van der Waals surface area contributed by atoms with Gasteiger partial charge < -0.3 is 4.90 Å². The molecule has 0 radical (unpaired) electrons. The van der Waals surface area contributed by atoms with E-state index in [-0.39, 0.29) is 11.6 Å². The van der Waals surface area contributed by atoms with Crippen molar-refractivity contribution in [1.82, 2.24) is 0 Å². The Morgan fingerprint density at radius 3 is 2.38 bits per heavy atom. The van der Waals surface area contributed by atoms with Gasteiger partial charge in [0.25, 0.3) is 11.6 Å². The molecule has 0 saturated heterocycles. The minimum absolute atomic E-state index is 0.00339.